The summed E-state index contributed by atoms with van der Waals surface area (Å²) in [6.45, 7) is 0.0720. The van der Waals surface area contributed by atoms with Gasteiger partial charge in [0.15, 0.2) is 0 Å². The summed E-state index contributed by atoms with van der Waals surface area (Å²) in [7, 11) is 0. The van der Waals surface area contributed by atoms with E-state index in [2.05, 4.69) is 10.6 Å². The van der Waals surface area contributed by atoms with Gasteiger partial charge in [0.25, 0.3) is 5.91 Å². The lowest BCUT2D eigenvalue weighted by molar-refractivity contribution is -0.120. The highest BCUT2D eigenvalue weighted by molar-refractivity contribution is 7.08. The van der Waals surface area contributed by atoms with Crippen molar-refractivity contribution >= 4 is 23.2 Å². The van der Waals surface area contributed by atoms with Crippen LogP contribution in [0.3, 0.4) is 0 Å². The Morgan fingerprint density at radius 2 is 2.05 bits per heavy atom. The van der Waals surface area contributed by atoms with E-state index in [4.69, 9.17) is 0 Å². The third-order valence-corrected chi connectivity index (χ3v) is 5.32. The first-order chi connectivity index (χ1) is 10.2. The number of amides is 2. The van der Waals surface area contributed by atoms with E-state index < -0.39 is 0 Å². The number of rotatable bonds is 5. The second kappa shape index (κ2) is 6.60. The minimum absolute atomic E-state index is 0.0677. The van der Waals surface area contributed by atoms with E-state index in [-0.39, 0.29) is 18.4 Å². The Kier molecular flexibility index (Phi) is 4.58. The molecule has 0 spiro atoms. The molecular formula is C16H22N2O2S. The van der Waals surface area contributed by atoms with Crippen LogP contribution in [0.15, 0.2) is 16.8 Å². The van der Waals surface area contributed by atoms with Gasteiger partial charge in [-0.25, -0.2) is 0 Å². The van der Waals surface area contributed by atoms with Crippen LogP contribution in [0.1, 0.15) is 48.9 Å². The van der Waals surface area contributed by atoms with Gasteiger partial charge in [-0.3, -0.25) is 9.59 Å². The minimum atomic E-state index is -0.175. The summed E-state index contributed by atoms with van der Waals surface area (Å²) in [6, 6.07) is 2.11. The van der Waals surface area contributed by atoms with E-state index >= 15 is 0 Å². The third kappa shape index (κ3) is 3.84. The molecule has 0 bridgehead atoms. The molecule has 0 aliphatic heterocycles. The van der Waals surface area contributed by atoms with Gasteiger partial charge in [-0.05, 0) is 29.7 Å². The van der Waals surface area contributed by atoms with Crippen LogP contribution < -0.4 is 10.6 Å². The Bertz CT molecular complexity index is 494. The fourth-order valence-corrected chi connectivity index (χ4v) is 4.01. The summed E-state index contributed by atoms with van der Waals surface area (Å²) in [4.78, 5) is 23.6. The number of nitrogens with one attached hydrogen (secondary N) is 2. The molecule has 4 nitrogen and oxygen atoms in total. The van der Waals surface area contributed by atoms with Crippen LogP contribution in [0.5, 0.6) is 0 Å². The minimum Gasteiger partial charge on any atom is -0.352 e. The average molecular weight is 306 g/mol. The van der Waals surface area contributed by atoms with Crippen LogP contribution in [-0.4, -0.2) is 24.4 Å². The van der Waals surface area contributed by atoms with Gasteiger partial charge in [0.2, 0.25) is 5.91 Å². The zero-order valence-corrected chi connectivity index (χ0v) is 13.0. The number of hydrogen-bond acceptors (Lipinski definition) is 3. The number of carbonyl (C=O) groups is 2. The summed E-state index contributed by atoms with van der Waals surface area (Å²) in [5.74, 6) is 1.25. The van der Waals surface area contributed by atoms with Crippen molar-refractivity contribution in [2.75, 3.05) is 6.54 Å². The fraction of sp³-hybridized carbons (Fsp3) is 0.625. The van der Waals surface area contributed by atoms with Crippen LogP contribution in [-0.2, 0) is 4.79 Å². The van der Waals surface area contributed by atoms with E-state index in [1.807, 2.05) is 5.38 Å². The molecule has 2 atom stereocenters. The zero-order valence-electron chi connectivity index (χ0n) is 12.1. The topological polar surface area (TPSA) is 58.2 Å². The van der Waals surface area contributed by atoms with Crippen molar-refractivity contribution in [2.24, 2.45) is 11.8 Å². The van der Waals surface area contributed by atoms with Crippen molar-refractivity contribution in [2.45, 2.75) is 44.6 Å². The van der Waals surface area contributed by atoms with Crippen molar-refractivity contribution in [3.05, 3.63) is 22.4 Å². The van der Waals surface area contributed by atoms with E-state index in [9.17, 15) is 9.59 Å². The Morgan fingerprint density at radius 1 is 1.24 bits per heavy atom. The highest BCUT2D eigenvalue weighted by atomic mass is 32.1. The van der Waals surface area contributed by atoms with Crippen molar-refractivity contribution < 1.29 is 9.59 Å². The Labute approximate surface area is 129 Å². The molecule has 2 saturated carbocycles. The molecule has 2 aliphatic carbocycles. The predicted molar refractivity (Wildman–Crippen MR) is 83.3 cm³/mol. The molecule has 21 heavy (non-hydrogen) atoms. The monoisotopic (exact) mass is 306 g/mol. The van der Waals surface area contributed by atoms with E-state index in [0.717, 1.165) is 12.3 Å². The smallest absolute Gasteiger partial charge is 0.252 e. The van der Waals surface area contributed by atoms with Gasteiger partial charge in [0.1, 0.15) is 0 Å². The zero-order chi connectivity index (χ0) is 14.7. The van der Waals surface area contributed by atoms with Crippen LogP contribution in [0.4, 0.5) is 0 Å². The Balaban J connectivity index is 1.36. The third-order valence-electron chi connectivity index (χ3n) is 4.63. The summed E-state index contributed by atoms with van der Waals surface area (Å²) in [6.07, 6.45) is 7.83. The standard InChI is InChI=1S/C16H22N2O2S/c19-15(9-17-16(20)12-6-7-21-10-12)18-14-8-13(14)11-4-2-1-3-5-11/h6-7,10-11,13-14H,1-5,8-9H2,(H,17,20)(H,18,19)/t13-,14-/m1/s1. The van der Waals surface area contributed by atoms with Crippen LogP contribution in [0.25, 0.3) is 0 Å². The molecule has 114 valence electrons. The summed E-state index contributed by atoms with van der Waals surface area (Å²) >= 11 is 1.48. The molecule has 0 aromatic carbocycles. The van der Waals surface area contributed by atoms with Gasteiger partial charge >= 0.3 is 0 Å². The molecule has 2 amide bonds. The summed E-state index contributed by atoms with van der Waals surface area (Å²) in [5.41, 5.74) is 0.624. The molecule has 2 fully saturated rings. The largest absolute Gasteiger partial charge is 0.352 e. The Hall–Kier alpha value is -1.36. The highest BCUT2D eigenvalue weighted by Crippen LogP contribution is 2.44. The van der Waals surface area contributed by atoms with Crippen molar-refractivity contribution in [3.63, 3.8) is 0 Å². The SMILES string of the molecule is O=C(CNC(=O)c1ccsc1)N[C@@H]1C[C@@H]1C1CCCCC1. The van der Waals surface area contributed by atoms with E-state index in [1.54, 1.807) is 11.4 Å². The van der Waals surface area contributed by atoms with Crippen molar-refractivity contribution in [3.8, 4) is 0 Å². The molecule has 5 heteroatoms. The number of carbonyl (C=O) groups excluding carboxylic acids is 2. The molecule has 2 aliphatic rings. The lowest BCUT2D eigenvalue weighted by atomic mass is 9.85. The molecule has 1 aromatic rings. The molecule has 1 heterocycles. The second-order valence-corrected chi connectivity index (χ2v) is 6.95. The molecule has 1 aromatic heterocycles. The molecular weight excluding hydrogens is 284 g/mol. The fourth-order valence-electron chi connectivity index (χ4n) is 3.38. The molecule has 0 radical (unpaired) electrons. The van der Waals surface area contributed by atoms with Gasteiger partial charge < -0.3 is 10.6 Å². The maximum absolute atomic E-state index is 11.9. The van der Waals surface area contributed by atoms with Gasteiger partial charge in [-0.2, -0.15) is 11.3 Å². The van der Waals surface area contributed by atoms with Crippen LogP contribution in [0, 0.1) is 11.8 Å². The van der Waals surface area contributed by atoms with Crippen LogP contribution in [0.2, 0.25) is 0 Å². The van der Waals surface area contributed by atoms with Crippen molar-refractivity contribution in [1.29, 1.82) is 0 Å². The van der Waals surface area contributed by atoms with Gasteiger partial charge in [0.05, 0.1) is 6.54 Å². The second-order valence-electron chi connectivity index (χ2n) is 6.17. The first-order valence-corrected chi connectivity index (χ1v) is 8.78. The summed E-state index contributed by atoms with van der Waals surface area (Å²) in [5, 5.41) is 9.36. The molecule has 0 unspecified atom stereocenters. The number of hydrogen-bond donors (Lipinski definition) is 2. The van der Waals surface area contributed by atoms with Gasteiger partial charge in [-0.15, -0.1) is 0 Å². The first-order valence-electron chi connectivity index (χ1n) is 7.84. The molecule has 2 N–H and O–H groups in total. The quantitative estimate of drug-likeness (QED) is 0.878. The Morgan fingerprint density at radius 3 is 2.76 bits per heavy atom. The first kappa shape index (κ1) is 14.6. The number of thiophene rings is 1. The van der Waals surface area contributed by atoms with Crippen molar-refractivity contribution in [1.82, 2.24) is 10.6 Å². The average Bonchev–Trinajstić information content (AvgIpc) is 3.04. The van der Waals surface area contributed by atoms with E-state index in [1.165, 1.54) is 43.4 Å². The summed E-state index contributed by atoms with van der Waals surface area (Å²) < 4.78 is 0. The predicted octanol–water partition coefficient (Wildman–Crippen LogP) is 2.56. The molecule has 3 rings (SSSR count). The van der Waals surface area contributed by atoms with E-state index in [0.29, 0.717) is 17.5 Å². The lowest BCUT2D eigenvalue weighted by Crippen LogP contribution is -2.38. The normalized spacial score (nSPS) is 25.3. The maximum atomic E-state index is 11.9. The van der Waals surface area contributed by atoms with Gasteiger partial charge in [-0.1, -0.05) is 32.1 Å². The lowest BCUT2D eigenvalue weighted by Gasteiger charge is -2.21. The molecule has 0 saturated heterocycles. The highest BCUT2D eigenvalue weighted by Gasteiger charge is 2.43. The maximum Gasteiger partial charge on any atom is 0.252 e. The van der Waals surface area contributed by atoms with Crippen LogP contribution >= 0.6 is 11.3 Å². The van der Waals surface area contributed by atoms with Gasteiger partial charge in [0, 0.05) is 17.0 Å².